The third kappa shape index (κ3) is 1.45. The number of nitrogens with one attached hydrogen (secondary N) is 1. The van der Waals surface area contributed by atoms with Crippen LogP contribution in [0.2, 0.25) is 0 Å². The molecule has 0 saturated carbocycles. The number of hydrogen-bond acceptors (Lipinski definition) is 4. The molecule has 0 aromatic carbocycles. The molecule has 1 aliphatic rings. The van der Waals surface area contributed by atoms with Crippen LogP contribution in [0.25, 0.3) is 11.5 Å². The largest absolute Gasteiger partial charge is 0.490 e. The second-order valence-corrected chi connectivity index (χ2v) is 3.06. The van der Waals surface area contributed by atoms with Gasteiger partial charge in [0.1, 0.15) is 0 Å². The minimum atomic E-state index is -1.52. The standard InChI is InChI=1S/C8H10BN3O2/c10-8-11-6-4-2-1-3-5(9(13)14)7(6)12-8/h2-4,13-14H,1H2,(H3,10,11,12). The average Bonchev–Trinajstić information content (AvgIpc) is 2.35. The first-order valence-corrected chi connectivity index (χ1v) is 4.27. The monoisotopic (exact) mass is 191 g/mol. The van der Waals surface area contributed by atoms with E-state index in [1.165, 1.54) is 0 Å². The van der Waals surface area contributed by atoms with E-state index in [9.17, 15) is 0 Å². The highest BCUT2D eigenvalue weighted by Crippen LogP contribution is 2.23. The molecule has 2 rings (SSSR count). The number of imidazole rings is 1. The summed E-state index contributed by atoms with van der Waals surface area (Å²) in [5, 5.41) is 18.2. The van der Waals surface area contributed by atoms with Crippen molar-refractivity contribution in [1.82, 2.24) is 9.97 Å². The Bertz CT molecular complexity index is 409. The molecule has 5 N–H and O–H groups in total. The highest BCUT2D eigenvalue weighted by molar-refractivity contribution is 6.65. The SMILES string of the molecule is Nc1nc2c([nH]1)C=CCC=C2B(O)O. The molecule has 0 atom stereocenters. The van der Waals surface area contributed by atoms with Gasteiger partial charge in [-0.1, -0.05) is 12.2 Å². The number of allylic oxidation sites excluding steroid dienone is 2. The number of rotatable bonds is 1. The molecule has 5 nitrogen and oxygen atoms in total. The molecule has 1 aromatic rings. The van der Waals surface area contributed by atoms with Crippen LogP contribution in [0.5, 0.6) is 0 Å². The molecule has 0 saturated heterocycles. The van der Waals surface area contributed by atoms with Crippen molar-refractivity contribution >= 4 is 24.6 Å². The zero-order valence-corrected chi connectivity index (χ0v) is 7.44. The van der Waals surface area contributed by atoms with Crippen molar-refractivity contribution in [3.05, 3.63) is 23.5 Å². The van der Waals surface area contributed by atoms with Gasteiger partial charge >= 0.3 is 7.12 Å². The van der Waals surface area contributed by atoms with Gasteiger partial charge in [-0.05, 0) is 12.5 Å². The van der Waals surface area contributed by atoms with Crippen LogP contribution in [0.4, 0.5) is 5.95 Å². The highest BCUT2D eigenvalue weighted by atomic mass is 16.4. The topological polar surface area (TPSA) is 95.2 Å². The van der Waals surface area contributed by atoms with Crippen LogP contribution in [0, 0.1) is 0 Å². The number of hydrogen-bond donors (Lipinski definition) is 4. The Morgan fingerprint density at radius 3 is 3.00 bits per heavy atom. The van der Waals surface area contributed by atoms with E-state index >= 15 is 0 Å². The van der Waals surface area contributed by atoms with E-state index in [0.29, 0.717) is 23.3 Å². The van der Waals surface area contributed by atoms with Crippen molar-refractivity contribution in [1.29, 1.82) is 0 Å². The number of fused-ring (bicyclic) bond motifs is 1. The van der Waals surface area contributed by atoms with Gasteiger partial charge in [0.05, 0.1) is 11.4 Å². The van der Waals surface area contributed by atoms with Crippen LogP contribution in [-0.4, -0.2) is 27.1 Å². The van der Waals surface area contributed by atoms with Crippen molar-refractivity contribution in [2.24, 2.45) is 0 Å². The van der Waals surface area contributed by atoms with Crippen LogP contribution in [-0.2, 0) is 0 Å². The van der Waals surface area contributed by atoms with E-state index in [2.05, 4.69) is 9.97 Å². The summed E-state index contributed by atoms with van der Waals surface area (Å²) in [5.74, 6) is 0.271. The van der Waals surface area contributed by atoms with Gasteiger partial charge in [-0.2, -0.15) is 0 Å². The Labute approximate surface area is 81.1 Å². The third-order valence-corrected chi connectivity index (χ3v) is 2.06. The van der Waals surface area contributed by atoms with E-state index < -0.39 is 7.12 Å². The first kappa shape index (κ1) is 9.05. The lowest BCUT2D eigenvalue weighted by Crippen LogP contribution is -2.15. The van der Waals surface area contributed by atoms with Crippen molar-refractivity contribution in [2.45, 2.75) is 6.42 Å². The molecule has 0 spiro atoms. The van der Waals surface area contributed by atoms with E-state index in [0.717, 1.165) is 0 Å². The maximum atomic E-state index is 9.12. The third-order valence-electron chi connectivity index (χ3n) is 2.06. The quantitative estimate of drug-likeness (QED) is 0.462. The summed E-state index contributed by atoms with van der Waals surface area (Å²) in [6.07, 6.45) is 6.08. The van der Waals surface area contributed by atoms with Crippen molar-refractivity contribution in [3.8, 4) is 0 Å². The summed E-state index contributed by atoms with van der Waals surface area (Å²) < 4.78 is 0. The fourth-order valence-corrected chi connectivity index (χ4v) is 1.45. The molecular formula is C8H10BN3O2. The number of anilines is 1. The number of H-pyrrole nitrogens is 1. The summed E-state index contributed by atoms with van der Waals surface area (Å²) in [7, 11) is -1.52. The fourth-order valence-electron chi connectivity index (χ4n) is 1.45. The summed E-state index contributed by atoms with van der Waals surface area (Å²) in [6, 6.07) is 0. The summed E-state index contributed by atoms with van der Waals surface area (Å²) in [6.45, 7) is 0. The molecule has 0 aliphatic heterocycles. The van der Waals surface area contributed by atoms with Gasteiger partial charge in [-0.3, -0.25) is 0 Å². The van der Waals surface area contributed by atoms with E-state index in [-0.39, 0.29) is 5.95 Å². The van der Waals surface area contributed by atoms with Gasteiger partial charge in [0.25, 0.3) is 0 Å². The molecule has 1 aromatic heterocycles. The number of nitrogen functional groups attached to an aromatic ring is 1. The molecule has 0 amide bonds. The van der Waals surface area contributed by atoms with Crippen molar-refractivity contribution in [3.63, 3.8) is 0 Å². The molecule has 0 radical (unpaired) electrons. The summed E-state index contributed by atoms with van der Waals surface area (Å²) in [5.41, 5.74) is 7.08. The minimum absolute atomic E-state index is 0.271. The van der Waals surface area contributed by atoms with Gasteiger partial charge in [-0.15, -0.1) is 0 Å². The first-order valence-electron chi connectivity index (χ1n) is 4.27. The zero-order valence-electron chi connectivity index (χ0n) is 7.44. The smallest absolute Gasteiger partial charge is 0.423 e. The summed E-state index contributed by atoms with van der Waals surface area (Å²) >= 11 is 0. The van der Waals surface area contributed by atoms with Gasteiger partial charge in [0, 0.05) is 5.47 Å². The molecule has 0 fully saturated rings. The lowest BCUT2D eigenvalue weighted by Gasteiger charge is -2.01. The lowest BCUT2D eigenvalue weighted by atomic mass is 9.76. The first-order chi connectivity index (χ1) is 6.68. The summed E-state index contributed by atoms with van der Waals surface area (Å²) in [4.78, 5) is 6.83. The fraction of sp³-hybridized carbons (Fsp3) is 0.125. The van der Waals surface area contributed by atoms with Crippen molar-refractivity contribution < 1.29 is 10.0 Å². The van der Waals surface area contributed by atoms with Gasteiger partial charge in [0.15, 0.2) is 5.95 Å². The van der Waals surface area contributed by atoms with Crippen LogP contribution >= 0.6 is 0 Å². The van der Waals surface area contributed by atoms with Crippen LogP contribution in [0.1, 0.15) is 17.8 Å². The van der Waals surface area contributed by atoms with E-state index in [1.807, 2.05) is 12.2 Å². The maximum Gasteiger partial charge on any atom is 0.490 e. The molecule has 6 heteroatoms. The normalized spacial score (nSPS) is 14.6. The van der Waals surface area contributed by atoms with Crippen molar-refractivity contribution in [2.75, 3.05) is 5.73 Å². The Balaban J connectivity index is 2.53. The van der Waals surface area contributed by atoms with E-state index in [1.54, 1.807) is 6.08 Å². The molecule has 14 heavy (non-hydrogen) atoms. The molecule has 1 heterocycles. The van der Waals surface area contributed by atoms with Crippen LogP contribution in [0.15, 0.2) is 12.2 Å². The number of aromatic amines is 1. The molecular weight excluding hydrogens is 181 g/mol. The molecule has 0 bridgehead atoms. The number of nitrogens with two attached hydrogens (primary N) is 1. The molecule has 1 aliphatic carbocycles. The Morgan fingerprint density at radius 2 is 2.29 bits per heavy atom. The highest BCUT2D eigenvalue weighted by Gasteiger charge is 2.22. The second kappa shape index (κ2) is 3.32. The predicted octanol–water partition coefficient (Wildman–Crippen LogP) is -0.196. The van der Waals surface area contributed by atoms with Crippen LogP contribution < -0.4 is 5.73 Å². The van der Waals surface area contributed by atoms with Gasteiger partial charge < -0.3 is 20.8 Å². The molecule has 72 valence electrons. The number of nitrogens with zero attached hydrogens (tertiary/aromatic N) is 1. The van der Waals surface area contributed by atoms with Crippen LogP contribution in [0.3, 0.4) is 0 Å². The lowest BCUT2D eigenvalue weighted by molar-refractivity contribution is 0.427. The van der Waals surface area contributed by atoms with Gasteiger partial charge in [-0.25, -0.2) is 4.98 Å². The number of aromatic nitrogens is 2. The Morgan fingerprint density at radius 1 is 1.50 bits per heavy atom. The molecule has 0 unspecified atom stereocenters. The average molecular weight is 191 g/mol. The predicted molar refractivity (Wildman–Crippen MR) is 54.8 cm³/mol. The van der Waals surface area contributed by atoms with E-state index in [4.69, 9.17) is 15.8 Å². The second-order valence-electron chi connectivity index (χ2n) is 3.06. The maximum absolute atomic E-state index is 9.12. The Kier molecular flexibility index (Phi) is 2.15. The minimum Gasteiger partial charge on any atom is -0.423 e. The van der Waals surface area contributed by atoms with Gasteiger partial charge in [0.2, 0.25) is 0 Å². The zero-order chi connectivity index (χ0) is 10.1. The Hall–Kier alpha value is -1.53.